The van der Waals surface area contributed by atoms with Crippen molar-refractivity contribution in [2.24, 2.45) is 4.99 Å². The first-order valence-electron chi connectivity index (χ1n) is 9.76. The maximum atomic E-state index is 12.4. The molecule has 0 spiro atoms. The molecule has 1 aliphatic rings. The number of aliphatic hydroxyl groups is 1. The maximum Gasteiger partial charge on any atom is 0.303 e. The lowest BCUT2D eigenvalue weighted by Crippen LogP contribution is -2.08. The van der Waals surface area contributed by atoms with Crippen LogP contribution in [0, 0.1) is 0 Å². The number of carboxylic acids is 1. The summed E-state index contributed by atoms with van der Waals surface area (Å²) >= 11 is 0. The van der Waals surface area contributed by atoms with Gasteiger partial charge >= 0.3 is 5.97 Å². The smallest absolute Gasteiger partial charge is 0.303 e. The zero-order valence-electron chi connectivity index (χ0n) is 18.9. The number of aliphatic carboxylic acids is 1. The second-order valence-corrected chi connectivity index (χ2v) is 3.51. The molecule has 1 heterocycles. The van der Waals surface area contributed by atoms with Crippen molar-refractivity contribution in [3.05, 3.63) is 53.3 Å². The Labute approximate surface area is 128 Å². The van der Waals surface area contributed by atoms with Crippen molar-refractivity contribution >= 4 is 23.5 Å². The third kappa shape index (κ3) is 3.20. The highest BCUT2D eigenvalue weighted by molar-refractivity contribution is 6.23. The molecular formula is C15H13NO4. The molecule has 5 heteroatoms. The predicted molar refractivity (Wildman–Crippen MR) is 74.4 cm³/mol. The molecule has 0 saturated carbocycles. The van der Waals surface area contributed by atoms with Crippen molar-refractivity contribution in [1.82, 2.24) is 0 Å². The summed E-state index contributed by atoms with van der Waals surface area (Å²) in [6.45, 7) is 0. The van der Waals surface area contributed by atoms with Gasteiger partial charge in [-0.1, -0.05) is 30.2 Å². The van der Waals surface area contributed by atoms with Crippen molar-refractivity contribution in [3.63, 3.8) is 0 Å². The Morgan fingerprint density at radius 1 is 1.30 bits per heavy atom. The van der Waals surface area contributed by atoms with Crippen LogP contribution in [-0.4, -0.2) is 28.2 Å². The average Bonchev–Trinajstić information content (AvgIpc) is 2.63. The summed E-state index contributed by atoms with van der Waals surface area (Å²) in [7, 11) is 0. The van der Waals surface area contributed by atoms with Crippen LogP contribution in [0.5, 0.6) is 0 Å². The van der Waals surface area contributed by atoms with E-state index in [2.05, 4.69) is 4.99 Å². The number of hydrogen-bond acceptors (Lipinski definition) is 4. The number of carbonyl (C=O) groups is 2. The minimum absolute atomic E-state index is 0.595. The summed E-state index contributed by atoms with van der Waals surface area (Å²) in [4.78, 5) is 26.8. The lowest BCUT2D eigenvalue weighted by Gasteiger charge is -2.09. The molecule has 0 bridgehead atoms. The molecule has 0 aliphatic carbocycles. The van der Waals surface area contributed by atoms with E-state index in [0.29, 0.717) is 0 Å². The van der Waals surface area contributed by atoms with Crippen LogP contribution in [0.25, 0.3) is 5.57 Å². The normalized spacial score (nSPS) is 24.9. The van der Waals surface area contributed by atoms with Gasteiger partial charge in [-0.15, -0.1) is 0 Å². The van der Waals surface area contributed by atoms with Crippen LogP contribution in [0.3, 0.4) is 0 Å². The molecule has 2 rings (SSSR count). The van der Waals surface area contributed by atoms with E-state index in [0.717, 1.165) is 0 Å². The molecule has 20 heavy (non-hydrogen) atoms. The maximum absolute atomic E-state index is 12.4. The van der Waals surface area contributed by atoms with Gasteiger partial charge in [-0.2, -0.15) is 0 Å². The van der Waals surface area contributed by atoms with Gasteiger partial charge in [0, 0.05) is 20.9 Å². The molecule has 1 aromatic carbocycles. The van der Waals surface area contributed by atoms with Crippen LogP contribution < -0.4 is 0 Å². The molecule has 1 aliphatic heterocycles. The van der Waals surface area contributed by atoms with E-state index in [1.165, 1.54) is 0 Å². The molecule has 2 N–H and O–H groups in total. The molecule has 0 radical (unpaired) electrons. The van der Waals surface area contributed by atoms with Gasteiger partial charge in [-0.3, -0.25) is 9.59 Å². The minimum Gasteiger partial charge on any atom is -0.510 e. The van der Waals surface area contributed by atoms with Gasteiger partial charge in [0.15, 0.2) is 0 Å². The fourth-order valence-electron chi connectivity index (χ4n) is 1.30. The van der Waals surface area contributed by atoms with E-state index < -0.39 is 89.6 Å². The number of nitrogens with zero attached hydrogens (tertiary/aromatic N) is 1. The second kappa shape index (κ2) is 5.97. The molecule has 0 fully saturated rings. The number of aliphatic hydroxyl groups excluding tert-OH is 1. The van der Waals surface area contributed by atoms with Crippen molar-refractivity contribution in [1.29, 1.82) is 0 Å². The zero-order chi connectivity index (χ0) is 22.4. The van der Waals surface area contributed by atoms with Gasteiger partial charge < -0.3 is 10.2 Å². The largest absolute Gasteiger partial charge is 0.510 e. The molecule has 102 valence electrons. The molecular weight excluding hydrogens is 258 g/mol. The lowest BCUT2D eigenvalue weighted by atomic mass is 10.0. The minimum atomic E-state index is -2.95. The van der Waals surface area contributed by atoms with Crippen LogP contribution in [0.1, 0.15) is 30.7 Å². The van der Waals surface area contributed by atoms with E-state index in [-0.39, 0.29) is 0 Å². The van der Waals surface area contributed by atoms with Gasteiger partial charge in [0.1, 0.15) is 11.5 Å². The van der Waals surface area contributed by atoms with Gasteiger partial charge in [-0.05, 0) is 11.6 Å². The number of ketones is 1. The van der Waals surface area contributed by atoms with Gasteiger partial charge in [0.2, 0.25) is 5.78 Å². The highest BCUT2D eigenvalue weighted by atomic mass is 16.4. The quantitative estimate of drug-likeness (QED) is 0.654. The summed E-state index contributed by atoms with van der Waals surface area (Å²) in [5.41, 5.74) is -2.19. The molecule has 0 aromatic heterocycles. The highest BCUT2D eigenvalue weighted by Crippen LogP contribution is 2.21. The Bertz CT molecular complexity index is 1010. The van der Waals surface area contributed by atoms with Crippen LogP contribution in [0.4, 0.5) is 0 Å². The SMILES string of the molecule is [2H]C1=NC(=C(O)CC([2H])([2H])C(=O)O)C(=O)C([2H])=C1c1c([2H])c([2H])c([2H])c([2H])c1[2H]. The predicted octanol–water partition coefficient (Wildman–Crippen LogP) is 2.36. The van der Waals surface area contributed by atoms with E-state index >= 15 is 0 Å². The fourth-order valence-corrected chi connectivity index (χ4v) is 1.30. The number of hydrogen-bond donors (Lipinski definition) is 2. The third-order valence-electron chi connectivity index (χ3n) is 2.16. The lowest BCUT2D eigenvalue weighted by molar-refractivity contribution is -0.137. The monoisotopic (exact) mass is 280 g/mol. The Morgan fingerprint density at radius 2 is 2.00 bits per heavy atom. The fraction of sp³-hybridized carbons (Fsp3) is 0.133. The van der Waals surface area contributed by atoms with Crippen molar-refractivity contribution in [2.75, 3.05) is 0 Å². The van der Waals surface area contributed by atoms with Crippen LogP contribution in [-0.2, 0) is 9.59 Å². The summed E-state index contributed by atoms with van der Waals surface area (Å²) in [5.74, 6) is -4.33. The standard InChI is InChI=1S/C15H13NO4/c17-12(6-7-14(19)20)15-13(18)8-11(9-16-15)10-4-2-1-3-5-10/h1-5,8-9,17H,6-7H2,(H,19,20)/i1D,2D,3D,4D,5D,7D2,8D,9D. The Hall–Kier alpha value is -2.69. The van der Waals surface area contributed by atoms with Gasteiger partial charge in [0.05, 0.1) is 16.0 Å². The summed E-state index contributed by atoms with van der Waals surface area (Å²) < 4.78 is 69.2. The summed E-state index contributed by atoms with van der Waals surface area (Å²) in [5, 5.41) is 18.7. The molecule has 0 amide bonds. The third-order valence-corrected chi connectivity index (χ3v) is 2.16. The average molecular weight is 280 g/mol. The van der Waals surface area contributed by atoms with Crippen molar-refractivity contribution in [3.8, 4) is 0 Å². The molecule has 1 aromatic rings. The summed E-state index contributed by atoms with van der Waals surface area (Å²) in [6.07, 6.45) is -4.99. The second-order valence-electron chi connectivity index (χ2n) is 3.51. The number of benzene rings is 1. The first-order valence-corrected chi connectivity index (χ1v) is 5.26. The summed E-state index contributed by atoms with van der Waals surface area (Å²) in [6, 6.07) is -4.75. The number of aliphatic imine (C=N–C) groups is 1. The van der Waals surface area contributed by atoms with E-state index in [9.17, 15) is 14.7 Å². The van der Waals surface area contributed by atoms with E-state index in [1.54, 1.807) is 0 Å². The topological polar surface area (TPSA) is 87.0 Å². The van der Waals surface area contributed by atoms with Crippen LogP contribution >= 0.6 is 0 Å². The Kier molecular flexibility index (Phi) is 1.84. The Morgan fingerprint density at radius 3 is 2.65 bits per heavy atom. The van der Waals surface area contributed by atoms with Crippen LogP contribution in [0.15, 0.2) is 52.7 Å². The molecule has 5 nitrogen and oxygen atoms in total. The first-order chi connectivity index (χ1) is 13.2. The molecule has 0 saturated heterocycles. The molecule has 0 unspecified atom stereocenters. The number of carboxylic acid groups (broad SMARTS) is 1. The number of carbonyl (C=O) groups excluding carboxylic acids is 1. The van der Waals surface area contributed by atoms with E-state index in [1.807, 2.05) is 0 Å². The van der Waals surface area contributed by atoms with Gasteiger partial charge in [0.25, 0.3) is 0 Å². The van der Waals surface area contributed by atoms with Crippen molar-refractivity contribution < 1.29 is 32.1 Å². The van der Waals surface area contributed by atoms with Crippen LogP contribution in [0.2, 0.25) is 0 Å². The highest BCUT2D eigenvalue weighted by Gasteiger charge is 2.18. The number of dihydropyridines is 1. The molecule has 0 atom stereocenters. The van der Waals surface area contributed by atoms with E-state index in [4.69, 9.17) is 17.4 Å². The number of rotatable bonds is 4. The first kappa shape index (κ1) is 6.17. The van der Waals surface area contributed by atoms with Crippen molar-refractivity contribution in [2.45, 2.75) is 12.8 Å². The Balaban J connectivity index is 2.68. The zero-order valence-corrected chi connectivity index (χ0v) is 9.87. The van der Waals surface area contributed by atoms with Gasteiger partial charge in [-0.25, -0.2) is 4.99 Å². The number of allylic oxidation sites excluding steroid dienone is 3.